The van der Waals surface area contributed by atoms with E-state index in [1.54, 1.807) is 38.1 Å². The Hall–Kier alpha value is -2.68. The third-order valence-electron chi connectivity index (χ3n) is 6.40. The first-order chi connectivity index (χ1) is 19.8. The van der Waals surface area contributed by atoms with Crippen molar-refractivity contribution in [3.8, 4) is 0 Å². The quantitative estimate of drug-likeness (QED) is 0.0989. The molecule has 230 valence electrons. The number of aromatic nitrogens is 2. The number of carbonyl (C=O) groups is 1. The number of hydrogen-bond acceptors (Lipinski definition) is 11. The summed E-state index contributed by atoms with van der Waals surface area (Å²) in [4.78, 5) is 28.1. The maximum atomic E-state index is 14.2. The van der Waals surface area contributed by atoms with E-state index in [9.17, 15) is 33.9 Å². The summed E-state index contributed by atoms with van der Waals surface area (Å²) in [7, 11) is -3.89. The fraction of sp³-hybridized carbons (Fsp3) is 0.462. The van der Waals surface area contributed by atoms with Gasteiger partial charge in [-0.15, -0.1) is 5.73 Å². The maximum Gasteiger partial charge on any atom is 0.351 e. The lowest BCUT2D eigenvalue weighted by Gasteiger charge is -2.28. The van der Waals surface area contributed by atoms with Crippen LogP contribution in [-0.2, 0) is 25.2 Å². The van der Waals surface area contributed by atoms with E-state index in [1.807, 2.05) is 6.07 Å². The molecule has 7 N–H and O–H groups in total. The number of aliphatic hydroxyl groups is 3. The van der Waals surface area contributed by atoms with Gasteiger partial charge in [-0.2, -0.15) is 4.98 Å². The van der Waals surface area contributed by atoms with Crippen LogP contribution in [0, 0.1) is 11.2 Å². The molecule has 42 heavy (non-hydrogen) atoms. The van der Waals surface area contributed by atoms with Gasteiger partial charge >= 0.3 is 13.4 Å². The number of nitrogens with zero attached hydrogens (tertiary/aromatic N) is 2. The SMILES string of the molecule is C=C=C[C@@]1(O)[C@H](O)[C@@H](COP(=O)(NCCSC(=O)C(C)(C)CO)NCc2ccccc2)O[C@H]1n1cc(F)c(N)nc1=O. The molecule has 16 heteroatoms. The largest absolute Gasteiger partial charge is 0.395 e. The van der Waals surface area contributed by atoms with Crippen molar-refractivity contribution in [3.05, 3.63) is 76.8 Å². The summed E-state index contributed by atoms with van der Waals surface area (Å²) >= 11 is 0.955. The van der Waals surface area contributed by atoms with Gasteiger partial charge < -0.3 is 30.3 Å². The van der Waals surface area contributed by atoms with Crippen molar-refractivity contribution in [2.75, 3.05) is 31.2 Å². The number of carbonyl (C=O) groups excluding carboxylic acids is 1. The predicted molar refractivity (Wildman–Crippen MR) is 155 cm³/mol. The molecule has 3 rings (SSSR count). The molecule has 1 unspecified atom stereocenters. The van der Waals surface area contributed by atoms with E-state index >= 15 is 0 Å². The predicted octanol–water partition coefficient (Wildman–Crippen LogP) is 1.08. The fourth-order valence-electron chi connectivity index (χ4n) is 3.87. The van der Waals surface area contributed by atoms with E-state index in [2.05, 4.69) is 27.5 Å². The summed E-state index contributed by atoms with van der Waals surface area (Å²) < 4.78 is 40.0. The summed E-state index contributed by atoms with van der Waals surface area (Å²) in [5.74, 6) is -1.51. The summed E-state index contributed by atoms with van der Waals surface area (Å²) in [6, 6.07) is 9.03. The number of nitrogens with two attached hydrogens (primary N) is 1. The summed E-state index contributed by atoms with van der Waals surface area (Å²) in [6.45, 7) is 5.91. The highest BCUT2D eigenvalue weighted by atomic mass is 32.2. The average Bonchev–Trinajstić information content (AvgIpc) is 3.20. The van der Waals surface area contributed by atoms with Crippen molar-refractivity contribution in [1.29, 1.82) is 0 Å². The Morgan fingerprint density at radius 3 is 2.74 bits per heavy atom. The van der Waals surface area contributed by atoms with Crippen LogP contribution in [0.5, 0.6) is 0 Å². The van der Waals surface area contributed by atoms with Gasteiger partial charge in [-0.25, -0.2) is 19.4 Å². The average molecular weight is 628 g/mol. The van der Waals surface area contributed by atoms with Crippen LogP contribution in [0.2, 0.25) is 0 Å². The zero-order valence-electron chi connectivity index (χ0n) is 23.1. The smallest absolute Gasteiger partial charge is 0.351 e. The Labute approximate surface area is 246 Å². The van der Waals surface area contributed by atoms with Gasteiger partial charge in [0.1, 0.15) is 12.2 Å². The van der Waals surface area contributed by atoms with Crippen LogP contribution in [-0.4, -0.2) is 73.3 Å². The molecule has 13 nitrogen and oxygen atoms in total. The number of nitrogen functional groups attached to an aromatic ring is 1. The van der Waals surface area contributed by atoms with Gasteiger partial charge in [-0.1, -0.05) is 48.7 Å². The molecule has 1 aromatic carbocycles. The molecule has 1 aliphatic heterocycles. The van der Waals surface area contributed by atoms with Crippen LogP contribution in [0.15, 0.2) is 59.7 Å². The highest BCUT2D eigenvalue weighted by Gasteiger charge is 2.56. The standard InChI is InChI=1S/C26H35FN5O8PS/c1-4-10-26(37)20(34)19(40-22(26)32-14-18(27)21(28)31-24(32)36)15-39-41(38,30-13-17-8-6-5-7-9-17)29-11-12-42-23(35)25(2,3)16-33/h5-10,14,19-20,22,33-34,37H,1,11-13,15-16H2,2-3H3,(H2,28,31,36)(H2,29,30,38)/t19-,20-,22-,26-,41?/m1/s1. The lowest BCUT2D eigenvalue weighted by Crippen LogP contribution is -2.47. The number of hydrogen-bond donors (Lipinski definition) is 6. The zero-order valence-corrected chi connectivity index (χ0v) is 24.8. The molecule has 1 fully saturated rings. The first-order valence-electron chi connectivity index (χ1n) is 12.8. The second-order valence-electron chi connectivity index (χ2n) is 10.1. The number of halogens is 1. The highest BCUT2D eigenvalue weighted by Crippen LogP contribution is 2.43. The van der Waals surface area contributed by atoms with E-state index in [4.69, 9.17) is 15.0 Å². The number of rotatable bonds is 14. The number of anilines is 1. The lowest BCUT2D eigenvalue weighted by molar-refractivity contribution is -0.119. The van der Waals surface area contributed by atoms with Crippen LogP contribution < -0.4 is 21.6 Å². The summed E-state index contributed by atoms with van der Waals surface area (Å²) in [6.07, 6.45) is -3.19. The van der Waals surface area contributed by atoms with Gasteiger partial charge in [-0.3, -0.25) is 13.9 Å². The molecule has 0 radical (unpaired) electrons. The second-order valence-corrected chi connectivity index (χ2v) is 13.2. The molecule has 1 aliphatic rings. The molecule has 0 spiro atoms. The third-order valence-corrected chi connectivity index (χ3v) is 9.35. The van der Waals surface area contributed by atoms with Crippen molar-refractivity contribution in [2.45, 2.75) is 44.4 Å². The van der Waals surface area contributed by atoms with Gasteiger partial charge in [0, 0.05) is 18.8 Å². The van der Waals surface area contributed by atoms with E-state index < -0.39 is 61.1 Å². The Balaban J connectivity index is 1.77. The first-order valence-corrected chi connectivity index (χ1v) is 15.4. The van der Waals surface area contributed by atoms with Crippen molar-refractivity contribution in [3.63, 3.8) is 0 Å². The number of aliphatic hydroxyl groups excluding tert-OH is 2. The summed E-state index contributed by atoms with van der Waals surface area (Å²) in [5.41, 5.74) is 4.15. The van der Waals surface area contributed by atoms with E-state index in [0.717, 1.165) is 23.4 Å². The van der Waals surface area contributed by atoms with Gasteiger partial charge in [-0.05, 0) is 25.5 Å². The topological polar surface area (TPSA) is 198 Å². The highest BCUT2D eigenvalue weighted by molar-refractivity contribution is 8.13. The van der Waals surface area contributed by atoms with Crippen LogP contribution in [0.1, 0.15) is 25.6 Å². The third kappa shape index (κ3) is 8.03. The van der Waals surface area contributed by atoms with Crippen molar-refractivity contribution >= 4 is 30.4 Å². The van der Waals surface area contributed by atoms with Gasteiger partial charge in [0.15, 0.2) is 28.6 Å². The molecule has 5 atom stereocenters. The van der Waals surface area contributed by atoms with E-state index in [1.165, 1.54) is 0 Å². The molecular weight excluding hydrogens is 592 g/mol. The number of thioether (sulfide) groups is 1. The first kappa shape index (κ1) is 33.8. The minimum absolute atomic E-state index is 0.0581. The molecule has 1 aromatic heterocycles. The van der Waals surface area contributed by atoms with Crippen molar-refractivity contribution < 1.29 is 38.3 Å². The van der Waals surface area contributed by atoms with Gasteiger partial charge in [0.2, 0.25) is 0 Å². The van der Waals surface area contributed by atoms with Gasteiger partial charge in [0.25, 0.3) is 0 Å². The molecule has 2 aromatic rings. The number of nitrogens with one attached hydrogen (secondary N) is 2. The zero-order chi connectivity index (χ0) is 31.1. The van der Waals surface area contributed by atoms with Crippen molar-refractivity contribution in [1.82, 2.24) is 19.7 Å². The minimum atomic E-state index is -3.89. The monoisotopic (exact) mass is 627 g/mol. The molecular formula is C26H35FN5O8PS. The fourth-order valence-corrected chi connectivity index (χ4v) is 6.32. The molecule has 0 aliphatic carbocycles. The second kappa shape index (κ2) is 14.2. The molecule has 0 amide bonds. The van der Waals surface area contributed by atoms with Crippen molar-refractivity contribution in [2.24, 2.45) is 5.41 Å². The lowest BCUT2D eigenvalue weighted by atomic mass is 9.94. The minimum Gasteiger partial charge on any atom is -0.395 e. The Kier molecular flexibility index (Phi) is 11.4. The Bertz CT molecular complexity index is 1410. The van der Waals surface area contributed by atoms with Gasteiger partial charge in [0.05, 0.1) is 24.8 Å². The maximum absolute atomic E-state index is 14.2. The number of ether oxygens (including phenoxy) is 1. The molecule has 0 bridgehead atoms. The van der Waals surface area contributed by atoms with Crippen LogP contribution in [0.3, 0.4) is 0 Å². The Morgan fingerprint density at radius 2 is 2.10 bits per heavy atom. The van der Waals surface area contributed by atoms with Crippen LogP contribution in [0.4, 0.5) is 10.2 Å². The van der Waals surface area contributed by atoms with Crippen LogP contribution >= 0.6 is 19.4 Å². The normalized spacial score (nSPS) is 23.7. The molecule has 0 saturated carbocycles. The Morgan fingerprint density at radius 1 is 1.40 bits per heavy atom. The van der Waals surface area contributed by atoms with E-state index in [-0.39, 0.29) is 30.6 Å². The molecule has 2 heterocycles. The summed E-state index contributed by atoms with van der Waals surface area (Å²) in [5, 5.41) is 36.9. The van der Waals surface area contributed by atoms with Crippen LogP contribution in [0.25, 0.3) is 0 Å². The molecule has 1 saturated heterocycles. The van der Waals surface area contributed by atoms with E-state index in [0.29, 0.717) is 10.8 Å². The number of benzene rings is 1.